The van der Waals surface area contributed by atoms with Gasteiger partial charge in [0.25, 0.3) is 0 Å². The minimum atomic E-state index is -0.388. The molecule has 1 heterocycles. The summed E-state index contributed by atoms with van der Waals surface area (Å²) in [7, 11) is 0. The highest BCUT2D eigenvalue weighted by molar-refractivity contribution is 5.89. The molecule has 0 unspecified atom stereocenters. The smallest absolute Gasteiger partial charge is 0.320 e. The summed E-state index contributed by atoms with van der Waals surface area (Å²) < 4.78 is 12.9. The Kier molecular flexibility index (Phi) is 4.81. The third-order valence-corrected chi connectivity index (χ3v) is 3.49. The van der Waals surface area contributed by atoms with Crippen molar-refractivity contribution in [1.82, 2.24) is 10.3 Å². The number of pyridine rings is 1. The van der Waals surface area contributed by atoms with Crippen molar-refractivity contribution in [3.05, 3.63) is 96.1 Å². The number of nitrogens with one attached hydrogen (secondary N) is 2. The summed E-state index contributed by atoms with van der Waals surface area (Å²) in [5.74, 6) is -0.350. The van der Waals surface area contributed by atoms with E-state index < -0.39 is 0 Å². The number of anilines is 1. The second-order valence-corrected chi connectivity index (χ2v) is 5.20. The van der Waals surface area contributed by atoms with Crippen molar-refractivity contribution < 1.29 is 9.18 Å². The number of carbonyl (C=O) groups excluding carboxylic acids is 1. The van der Waals surface area contributed by atoms with Gasteiger partial charge in [0.2, 0.25) is 0 Å². The first-order valence-corrected chi connectivity index (χ1v) is 7.51. The summed E-state index contributed by atoms with van der Waals surface area (Å²) in [6.45, 7) is 0. The average Bonchev–Trinajstić information content (AvgIpc) is 2.63. The van der Waals surface area contributed by atoms with Crippen LogP contribution in [0.5, 0.6) is 0 Å². The Hall–Kier alpha value is -3.21. The maximum atomic E-state index is 12.9. The summed E-state index contributed by atoms with van der Waals surface area (Å²) in [5, 5.41) is 5.60. The third-order valence-electron chi connectivity index (χ3n) is 3.49. The van der Waals surface area contributed by atoms with Gasteiger partial charge in [0.15, 0.2) is 0 Å². The van der Waals surface area contributed by atoms with E-state index in [1.165, 1.54) is 24.3 Å². The van der Waals surface area contributed by atoms with E-state index in [-0.39, 0.29) is 17.9 Å². The maximum absolute atomic E-state index is 12.9. The van der Waals surface area contributed by atoms with E-state index in [0.717, 1.165) is 11.3 Å². The van der Waals surface area contributed by atoms with E-state index in [0.29, 0.717) is 5.69 Å². The van der Waals surface area contributed by atoms with Crippen molar-refractivity contribution in [2.75, 3.05) is 5.32 Å². The number of halogens is 1. The van der Waals surface area contributed by atoms with Gasteiger partial charge in [0, 0.05) is 11.9 Å². The second-order valence-electron chi connectivity index (χ2n) is 5.20. The molecule has 3 rings (SSSR count). The van der Waals surface area contributed by atoms with Crippen LogP contribution in [0.25, 0.3) is 0 Å². The highest BCUT2D eigenvalue weighted by Gasteiger charge is 2.17. The van der Waals surface area contributed by atoms with Crippen molar-refractivity contribution in [1.29, 1.82) is 0 Å². The summed E-state index contributed by atoms with van der Waals surface area (Å²) in [6.07, 6.45) is 1.69. The number of urea groups is 1. The van der Waals surface area contributed by atoms with E-state index in [4.69, 9.17) is 0 Å². The number of nitrogens with zero attached hydrogens (tertiary/aromatic N) is 1. The van der Waals surface area contributed by atoms with Crippen LogP contribution in [0.4, 0.5) is 14.9 Å². The molecule has 0 aliphatic carbocycles. The zero-order valence-corrected chi connectivity index (χ0v) is 12.8. The maximum Gasteiger partial charge on any atom is 0.320 e. The largest absolute Gasteiger partial charge is 0.325 e. The Bertz CT molecular complexity index is 752. The van der Waals surface area contributed by atoms with Crippen molar-refractivity contribution in [2.45, 2.75) is 6.04 Å². The summed E-state index contributed by atoms with van der Waals surface area (Å²) in [4.78, 5) is 16.6. The van der Waals surface area contributed by atoms with Crippen LogP contribution in [-0.2, 0) is 0 Å². The summed E-state index contributed by atoms with van der Waals surface area (Å²) in [5.41, 5.74) is 2.17. The van der Waals surface area contributed by atoms with Crippen LogP contribution in [0.15, 0.2) is 79.0 Å². The van der Waals surface area contributed by atoms with Gasteiger partial charge in [-0.2, -0.15) is 0 Å². The predicted octanol–water partition coefficient (Wildman–Crippen LogP) is 4.13. The van der Waals surface area contributed by atoms with Gasteiger partial charge < -0.3 is 10.6 Å². The van der Waals surface area contributed by atoms with Crippen LogP contribution in [0.3, 0.4) is 0 Å². The van der Waals surface area contributed by atoms with Crippen LogP contribution < -0.4 is 10.6 Å². The number of rotatable bonds is 4. The number of aromatic nitrogens is 1. The van der Waals surface area contributed by atoms with Gasteiger partial charge in [-0.1, -0.05) is 36.4 Å². The van der Waals surface area contributed by atoms with Gasteiger partial charge >= 0.3 is 6.03 Å². The van der Waals surface area contributed by atoms with Gasteiger partial charge in [0.05, 0.1) is 11.7 Å². The first kappa shape index (κ1) is 15.7. The highest BCUT2D eigenvalue weighted by Crippen LogP contribution is 2.20. The van der Waals surface area contributed by atoms with E-state index in [1.54, 1.807) is 6.20 Å². The molecular weight excluding hydrogens is 305 g/mol. The number of benzene rings is 2. The molecule has 120 valence electrons. The van der Waals surface area contributed by atoms with Gasteiger partial charge in [-0.3, -0.25) is 4.98 Å². The lowest BCUT2D eigenvalue weighted by Crippen LogP contribution is -2.33. The van der Waals surface area contributed by atoms with Crippen LogP contribution in [0.2, 0.25) is 0 Å². The van der Waals surface area contributed by atoms with Crippen LogP contribution >= 0.6 is 0 Å². The van der Waals surface area contributed by atoms with E-state index in [2.05, 4.69) is 15.6 Å². The molecule has 1 atom stereocenters. The van der Waals surface area contributed by atoms with Crippen molar-refractivity contribution in [3.8, 4) is 0 Å². The first-order chi connectivity index (χ1) is 11.7. The molecule has 3 aromatic rings. The van der Waals surface area contributed by atoms with Gasteiger partial charge in [-0.15, -0.1) is 0 Å². The van der Waals surface area contributed by atoms with E-state index >= 15 is 0 Å². The van der Waals surface area contributed by atoms with Crippen molar-refractivity contribution in [2.24, 2.45) is 0 Å². The standard InChI is InChI=1S/C19H16FN3O/c20-15-9-11-16(12-10-15)22-19(24)23-18(14-6-2-1-3-7-14)17-8-4-5-13-21-17/h1-13,18H,(H2,22,23,24)/t18-/m0/s1. The summed E-state index contributed by atoms with van der Waals surface area (Å²) >= 11 is 0. The molecule has 0 spiro atoms. The second kappa shape index (κ2) is 7.37. The average molecular weight is 321 g/mol. The zero-order chi connectivity index (χ0) is 16.8. The first-order valence-electron chi connectivity index (χ1n) is 7.51. The predicted molar refractivity (Wildman–Crippen MR) is 91.1 cm³/mol. The number of hydrogen-bond donors (Lipinski definition) is 2. The van der Waals surface area contributed by atoms with Gasteiger partial charge in [-0.25, -0.2) is 9.18 Å². The molecular formula is C19H16FN3O. The molecule has 0 bridgehead atoms. The van der Waals surface area contributed by atoms with E-state index in [1.807, 2.05) is 48.5 Å². The molecule has 0 aliphatic heterocycles. The van der Waals surface area contributed by atoms with Gasteiger partial charge in [0.1, 0.15) is 5.82 Å². The Morgan fingerprint density at radius 3 is 2.29 bits per heavy atom. The molecule has 24 heavy (non-hydrogen) atoms. The molecule has 0 fully saturated rings. The minimum Gasteiger partial charge on any atom is -0.325 e. The molecule has 0 saturated carbocycles. The molecule has 2 N–H and O–H groups in total. The van der Waals surface area contributed by atoms with E-state index in [9.17, 15) is 9.18 Å². The lowest BCUT2D eigenvalue weighted by Gasteiger charge is -2.19. The Morgan fingerprint density at radius 2 is 1.62 bits per heavy atom. The molecule has 0 radical (unpaired) electrons. The quantitative estimate of drug-likeness (QED) is 0.759. The lowest BCUT2D eigenvalue weighted by atomic mass is 10.0. The van der Waals surface area contributed by atoms with Crippen molar-refractivity contribution >= 4 is 11.7 Å². The third kappa shape index (κ3) is 3.95. The molecule has 0 aliphatic rings. The molecule has 5 heteroatoms. The fourth-order valence-corrected chi connectivity index (χ4v) is 2.35. The molecule has 1 aromatic heterocycles. The summed E-state index contributed by atoms with van der Waals surface area (Å²) in [6, 6.07) is 20.0. The SMILES string of the molecule is O=C(Nc1ccc(F)cc1)N[C@@H](c1ccccc1)c1ccccn1. The number of carbonyl (C=O) groups is 1. The lowest BCUT2D eigenvalue weighted by molar-refractivity contribution is 0.250. The van der Waals surface area contributed by atoms with Crippen LogP contribution in [0, 0.1) is 5.82 Å². The fourth-order valence-electron chi connectivity index (χ4n) is 2.35. The Balaban J connectivity index is 1.79. The fraction of sp³-hybridized carbons (Fsp3) is 0.0526. The monoisotopic (exact) mass is 321 g/mol. The van der Waals surface area contributed by atoms with Gasteiger partial charge in [-0.05, 0) is 42.0 Å². The number of amides is 2. The van der Waals surface area contributed by atoms with Crippen LogP contribution in [0.1, 0.15) is 17.3 Å². The number of hydrogen-bond acceptors (Lipinski definition) is 2. The van der Waals surface area contributed by atoms with Crippen molar-refractivity contribution in [3.63, 3.8) is 0 Å². The highest BCUT2D eigenvalue weighted by atomic mass is 19.1. The Labute approximate surface area is 139 Å². The zero-order valence-electron chi connectivity index (χ0n) is 12.8. The normalized spacial score (nSPS) is 11.5. The molecule has 2 amide bonds. The minimum absolute atomic E-state index is 0.350. The molecule has 0 saturated heterocycles. The Morgan fingerprint density at radius 1 is 0.917 bits per heavy atom. The molecule has 2 aromatic carbocycles. The molecule has 4 nitrogen and oxygen atoms in total. The van der Waals surface area contributed by atoms with Crippen LogP contribution in [-0.4, -0.2) is 11.0 Å². The topological polar surface area (TPSA) is 54.0 Å².